The fourth-order valence-electron chi connectivity index (χ4n) is 2.16. The summed E-state index contributed by atoms with van der Waals surface area (Å²) in [6.45, 7) is 2.05. The van der Waals surface area contributed by atoms with Crippen molar-refractivity contribution in [1.82, 2.24) is 5.32 Å². The van der Waals surface area contributed by atoms with Crippen LogP contribution < -0.4 is 5.32 Å². The summed E-state index contributed by atoms with van der Waals surface area (Å²) >= 11 is 1.93. The Kier molecular flexibility index (Phi) is 5.47. The van der Waals surface area contributed by atoms with Gasteiger partial charge in [-0.2, -0.15) is 11.8 Å². The van der Waals surface area contributed by atoms with Crippen molar-refractivity contribution in [3.8, 4) is 0 Å². The van der Waals surface area contributed by atoms with Gasteiger partial charge in [0.15, 0.2) is 0 Å². The van der Waals surface area contributed by atoms with Crippen LogP contribution in [0.5, 0.6) is 0 Å². The van der Waals surface area contributed by atoms with Crippen molar-refractivity contribution in [3.05, 3.63) is 0 Å². The molecule has 0 amide bonds. The van der Waals surface area contributed by atoms with Crippen LogP contribution in [-0.2, 0) is 9.53 Å². The first-order valence-corrected chi connectivity index (χ1v) is 6.81. The fourth-order valence-corrected chi connectivity index (χ4v) is 3.10. The molecule has 1 saturated carbocycles. The average Bonchev–Trinajstić information content (AvgIpc) is 2.64. The van der Waals surface area contributed by atoms with Crippen LogP contribution in [0.3, 0.4) is 0 Å². The van der Waals surface area contributed by atoms with Gasteiger partial charge in [0.05, 0.1) is 13.5 Å². The number of hydrogen-bond acceptors (Lipinski definition) is 4. The molecule has 0 spiro atoms. The minimum absolute atomic E-state index is 0.131. The Morgan fingerprint density at radius 2 is 2.33 bits per heavy atom. The van der Waals surface area contributed by atoms with Crippen LogP contribution in [0.25, 0.3) is 0 Å². The molecule has 0 heterocycles. The molecule has 4 heteroatoms. The van der Waals surface area contributed by atoms with E-state index < -0.39 is 0 Å². The van der Waals surface area contributed by atoms with Gasteiger partial charge >= 0.3 is 5.97 Å². The fraction of sp³-hybridized carbons (Fsp3) is 0.909. The van der Waals surface area contributed by atoms with Crippen LogP contribution in [0.1, 0.15) is 32.6 Å². The summed E-state index contributed by atoms with van der Waals surface area (Å²) in [6.07, 6.45) is 6.46. The zero-order valence-corrected chi connectivity index (χ0v) is 10.6. The van der Waals surface area contributed by atoms with Crippen LogP contribution in [0, 0.1) is 0 Å². The minimum Gasteiger partial charge on any atom is -0.469 e. The molecule has 1 N–H and O–H groups in total. The Labute approximate surface area is 96.3 Å². The highest BCUT2D eigenvalue weighted by Gasteiger charge is 2.27. The van der Waals surface area contributed by atoms with Crippen LogP contribution in [-0.4, -0.2) is 36.7 Å². The summed E-state index contributed by atoms with van der Waals surface area (Å²) in [7, 11) is 1.44. The van der Waals surface area contributed by atoms with Gasteiger partial charge < -0.3 is 10.1 Å². The van der Waals surface area contributed by atoms with Crippen molar-refractivity contribution in [2.45, 2.75) is 49.9 Å². The Hall–Kier alpha value is -0.220. The van der Waals surface area contributed by atoms with Crippen molar-refractivity contribution < 1.29 is 9.53 Å². The molecule has 0 aromatic rings. The second-order valence-electron chi connectivity index (χ2n) is 4.16. The standard InChI is InChI=1S/C11H21NO2S/c1-8(7-11(13)14-2)12-9-5-4-6-10(9)15-3/h8-10,12H,4-7H2,1-3H3. The Morgan fingerprint density at radius 1 is 1.60 bits per heavy atom. The molecule has 15 heavy (non-hydrogen) atoms. The number of ether oxygens (including phenoxy) is 1. The number of nitrogens with one attached hydrogen (secondary N) is 1. The first-order chi connectivity index (χ1) is 7.17. The maximum absolute atomic E-state index is 11.1. The van der Waals surface area contributed by atoms with Gasteiger partial charge in [-0.25, -0.2) is 0 Å². The number of thioether (sulfide) groups is 1. The lowest BCUT2D eigenvalue weighted by Crippen LogP contribution is -2.41. The van der Waals surface area contributed by atoms with Gasteiger partial charge in [-0.3, -0.25) is 4.79 Å². The second-order valence-corrected chi connectivity index (χ2v) is 5.24. The van der Waals surface area contributed by atoms with E-state index in [9.17, 15) is 4.79 Å². The Balaban J connectivity index is 2.30. The number of carbonyl (C=O) groups excluding carboxylic acids is 1. The minimum atomic E-state index is -0.131. The number of hydrogen-bond donors (Lipinski definition) is 1. The van der Waals surface area contributed by atoms with Crippen molar-refractivity contribution in [3.63, 3.8) is 0 Å². The van der Waals surface area contributed by atoms with Gasteiger partial charge in [-0.05, 0) is 26.0 Å². The van der Waals surface area contributed by atoms with Crippen molar-refractivity contribution in [2.75, 3.05) is 13.4 Å². The SMILES string of the molecule is COC(=O)CC(C)NC1CCCC1SC. The lowest BCUT2D eigenvalue weighted by atomic mass is 10.1. The van der Waals surface area contributed by atoms with Gasteiger partial charge in [-0.1, -0.05) is 6.42 Å². The zero-order valence-electron chi connectivity index (χ0n) is 9.79. The topological polar surface area (TPSA) is 38.3 Å². The highest BCUT2D eigenvalue weighted by molar-refractivity contribution is 7.99. The Morgan fingerprint density at radius 3 is 2.93 bits per heavy atom. The largest absolute Gasteiger partial charge is 0.469 e. The molecule has 0 aliphatic heterocycles. The molecule has 88 valence electrons. The summed E-state index contributed by atoms with van der Waals surface area (Å²) in [4.78, 5) is 11.1. The summed E-state index contributed by atoms with van der Waals surface area (Å²) in [5.41, 5.74) is 0. The third-order valence-corrected chi connectivity index (χ3v) is 4.12. The molecular weight excluding hydrogens is 210 g/mol. The summed E-state index contributed by atoms with van der Waals surface area (Å²) in [5, 5.41) is 4.24. The smallest absolute Gasteiger partial charge is 0.307 e. The molecule has 0 radical (unpaired) electrons. The van der Waals surface area contributed by atoms with Crippen LogP contribution >= 0.6 is 11.8 Å². The predicted octanol–water partition coefficient (Wildman–Crippen LogP) is 1.81. The van der Waals surface area contributed by atoms with Crippen molar-refractivity contribution in [2.24, 2.45) is 0 Å². The van der Waals surface area contributed by atoms with Crippen LogP contribution in [0.2, 0.25) is 0 Å². The quantitative estimate of drug-likeness (QED) is 0.732. The molecule has 0 aromatic heterocycles. The maximum Gasteiger partial charge on any atom is 0.307 e. The molecule has 3 unspecified atom stereocenters. The summed E-state index contributed by atoms with van der Waals surface area (Å²) in [6, 6.07) is 0.787. The predicted molar refractivity (Wildman–Crippen MR) is 64.2 cm³/mol. The van der Waals surface area contributed by atoms with E-state index in [-0.39, 0.29) is 12.0 Å². The van der Waals surface area contributed by atoms with Gasteiger partial charge in [-0.15, -0.1) is 0 Å². The van der Waals surface area contributed by atoms with Crippen molar-refractivity contribution in [1.29, 1.82) is 0 Å². The molecule has 0 aromatic carbocycles. The summed E-state index contributed by atoms with van der Waals surface area (Å²) < 4.78 is 4.65. The Bertz CT molecular complexity index is 211. The lowest BCUT2D eigenvalue weighted by molar-refractivity contribution is -0.141. The number of esters is 1. The summed E-state index contributed by atoms with van der Waals surface area (Å²) in [5.74, 6) is -0.131. The van der Waals surface area contributed by atoms with E-state index in [0.717, 1.165) is 0 Å². The zero-order chi connectivity index (χ0) is 11.3. The normalized spacial score (nSPS) is 27.7. The molecule has 1 rings (SSSR count). The molecular formula is C11H21NO2S. The molecule has 1 aliphatic rings. The van der Waals surface area contributed by atoms with Gasteiger partial charge in [0, 0.05) is 17.3 Å². The number of methoxy groups -OCH3 is 1. The van der Waals surface area contributed by atoms with Crippen LogP contribution in [0.15, 0.2) is 0 Å². The van der Waals surface area contributed by atoms with E-state index in [0.29, 0.717) is 17.7 Å². The molecule has 3 atom stereocenters. The monoisotopic (exact) mass is 231 g/mol. The molecule has 1 aliphatic carbocycles. The lowest BCUT2D eigenvalue weighted by Gasteiger charge is -2.23. The van der Waals surface area contributed by atoms with Gasteiger partial charge in [0.2, 0.25) is 0 Å². The van der Waals surface area contributed by atoms with Crippen LogP contribution in [0.4, 0.5) is 0 Å². The van der Waals surface area contributed by atoms with E-state index in [1.807, 2.05) is 18.7 Å². The third kappa shape index (κ3) is 4.03. The van der Waals surface area contributed by atoms with E-state index in [1.165, 1.54) is 26.4 Å². The maximum atomic E-state index is 11.1. The average molecular weight is 231 g/mol. The van der Waals surface area contributed by atoms with E-state index in [4.69, 9.17) is 0 Å². The molecule has 0 saturated heterocycles. The molecule has 1 fully saturated rings. The number of carbonyl (C=O) groups is 1. The first-order valence-electron chi connectivity index (χ1n) is 5.53. The number of rotatable bonds is 5. The van der Waals surface area contributed by atoms with Crippen molar-refractivity contribution >= 4 is 17.7 Å². The highest BCUT2D eigenvalue weighted by atomic mass is 32.2. The molecule has 0 bridgehead atoms. The third-order valence-electron chi connectivity index (χ3n) is 2.95. The van der Waals surface area contributed by atoms with E-state index in [2.05, 4.69) is 16.3 Å². The van der Waals surface area contributed by atoms with E-state index in [1.54, 1.807) is 0 Å². The molecule has 3 nitrogen and oxygen atoms in total. The van der Waals surface area contributed by atoms with Gasteiger partial charge in [0.25, 0.3) is 0 Å². The second kappa shape index (κ2) is 6.38. The van der Waals surface area contributed by atoms with Gasteiger partial charge in [0.1, 0.15) is 0 Å². The van der Waals surface area contributed by atoms with E-state index >= 15 is 0 Å². The first kappa shape index (κ1) is 12.8. The highest BCUT2D eigenvalue weighted by Crippen LogP contribution is 2.28.